The topological polar surface area (TPSA) is 58.1 Å². The molecule has 0 atom stereocenters. The van der Waals surface area contributed by atoms with Crippen LogP contribution in [-0.4, -0.2) is 39.8 Å². The molecule has 140 valence electrons. The lowest BCUT2D eigenvalue weighted by molar-refractivity contribution is 0.102. The second-order valence-corrected chi connectivity index (χ2v) is 8.88. The first-order valence-corrected chi connectivity index (χ1v) is 11.1. The Kier molecular flexibility index (Phi) is 7.46. The van der Waals surface area contributed by atoms with Crippen molar-refractivity contribution in [2.45, 2.75) is 49.9 Å². The van der Waals surface area contributed by atoms with E-state index in [1.54, 1.807) is 11.8 Å². The molecule has 0 saturated carbocycles. The Hall–Kier alpha value is -1.44. The van der Waals surface area contributed by atoms with Gasteiger partial charge < -0.3 is 0 Å². The predicted molar refractivity (Wildman–Crippen MR) is 109 cm³/mol. The molecular formula is C19H26N4OS2. The van der Waals surface area contributed by atoms with E-state index in [9.17, 15) is 4.79 Å². The largest absolute Gasteiger partial charge is 0.299 e. The van der Waals surface area contributed by atoms with Crippen molar-refractivity contribution in [2.75, 3.05) is 24.2 Å². The molecule has 0 radical (unpaired) electrons. The van der Waals surface area contributed by atoms with Crippen LogP contribution in [0.4, 0.5) is 5.13 Å². The number of amides is 1. The van der Waals surface area contributed by atoms with Gasteiger partial charge in [0.1, 0.15) is 0 Å². The molecule has 1 amide bonds. The average Bonchev–Trinajstić information content (AvgIpc) is 2.94. The van der Waals surface area contributed by atoms with E-state index in [-0.39, 0.29) is 5.91 Å². The summed E-state index contributed by atoms with van der Waals surface area (Å²) in [5, 5.41) is 11.5. The molecule has 1 N–H and O–H groups in total. The summed E-state index contributed by atoms with van der Waals surface area (Å²) in [6.45, 7) is 5.46. The van der Waals surface area contributed by atoms with Crippen LogP contribution in [0.15, 0.2) is 28.6 Å². The molecule has 7 heteroatoms. The summed E-state index contributed by atoms with van der Waals surface area (Å²) in [4.78, 5) is 14.9. The normalized spacial score (nSPS) is 15.6. The molecule has 2 aromatic rings. The third-order valence-corrected chi connectivity index (χ3v) is 6.56. The third kappa shape index (κ3) is 5.79. The summed E-state index contributed by atoms with van der Waals surface area (Å²) >= 11 is 3.10. The molecule has 0 bridgehead atoms. The van der Waals surface area contributed by atoms with Crippen LogP contribution in [0.5, 0.6) is 0 Å². The SMILES string of the molecule is CCCSc1nnc(NC(=O)c2ccc(CN3CCCCCC3)cc2)s1. The van der Waals surface area contributed by atoms with Gasteiger partial charge >= 0.3 is 0 Å². The second kappa shape index (κ2) is 10.0. The van der Waals surface area contributed by atoms with Gasteiger partial charge in [-0.25, -0.2) is 0 Å². The Morgan fingerprint density at radius 1 is 1.15 bits per heavy atom. The highest BCUT2D eigenvalue weighted by atomic mass is 32.2. The highest BCUT2D eigenvalue weighted by Gasteiger charge is 2.12. The van der Waals surface area contributed by atoms with Crippen molar-refractivity contribution in [3.8, 4) is 0 Å². The lowest BCUT2D eigenvalue weighted by Crippen LogP contribution is -2.24. The van der Waals surface area contributed by atoms with Crippen molar-refractivity contribution >= 4 is 34.1 Å². The van der Waals surface area contributed by atoms with Gasteiger partial charge in [-0.1, -0.05) is 55.0 Å². The third-order valence-electron chi connectivity index (χ3n) is 4.38. The fraction of sp³-hybridized carbons (Fsp3) is 0.526. The number of carbonyl (C=O) groups excluding carboxylic acids is 1. The molecular weight excluding hydrogens is 364 g/mol. The van der Waals surface area contributed by atoms with Gasteiger partial charge in [0.2, 0.25) is 5.13 Å². The summed E-state index contributed by atoms with van der Waals surface area (Å²) in [6.07, 6.45) is 6.37. The van der Waals surface area contributed by atoms with Gasteiger partial charge in [-0.3, -0.25) is 15.0 Å². The van der Waals surface area contributed by atoms with E-state index in [4.69, 9.17) is 0 Å². The highest BCUT2D eigenvalue weighted by Crippen LogP contribution is 2.26. The molecule has 0 aliphatic carbocycles. The first-order chi connectivity index (χ1) is 12.7. The average molecular weight is 391 g/mol. The second-order valence-electron chi connectivity index (χ2n) is 6.56. The number of benzene rings is 1. The number of hydrogen-bond donors (Lipinski definition) is 1. The molecule has 1 saturated heterocycles. The van der Waals surface area contributed by atoms with E-state index < -0.39 is 0 Å². The molecule has 1 aromatic heterocycles. The van der Waals surface area contributed by atoms with E-state index >= 15 is 0 Å². The Labute approximate surface area is 163 Å². The number of carbonyl (C=O) groups is 1. The van der Waals surface area contributed by atoms with Crippen LogP contribution in [-0.2, 0) is 6.54 Å². The van der Waals surface area contributed by atoms with Gasteiger partial charge in [-0.2, -0.15) is 0 Å². The number of thioether (sulfide) groups is 1. The van der Waals surface area contributed by atoms with E-state index in [0.717, 1.165) is 23.1 Å². The smallest absolute Gasteiger partial charge is 0.257 e. The Balaban J connectivity index is 1.53. The predicted octanol–water partition coefficient (Wildman–Crippen LogP) is 4.67. The van der Waals surface area contributed by atoms with Crippen molar-refractivity contribution < 1.29 is 4.79 Å². The number of nitrogens with zero attached hydrogens (tertiary/aromatic N) is 3. The van der Waals surface area contributed by atoms with Gasteiger partial charge in [-0.05, 0) is 50.0 Å². The van der Waals surface area contributed by atoms with Crippen LogP contribution in [0, 0.1) is 0 Å². The van der Waals surface area contributed by atoms with Gasteiger partial charge in [-0.15, -0.1) is 10.2 Å². The molecule has 1 aliphatic rings. The maximum atomic E-state index is 12.4. The van der Waals surface area contributed by atoms with Crippen LogP contribution in [0.3, 0.4) is 0 Å². The minimum atomic E-state index is -0.130. The number of anilines is 1. The molecule has 1 aromatic carbocycles. The molecule has 1 aliphatic heterocycles. The van der Waals surface area contributed by atoms with Crippen LogP contribution in [0.2, 0.25) is 0 Å². The van der Waals surface area contributed by atoms with Crippen molar-refractivity contribution in [1.29, 1.82) is 0 Å². The first kappa shape index (κ1) is 19.3. The van der Waals surface area contributed by atoms with Crippen LogP contribution in [0.1, 0.15) is 54.9 Å². The summed E-state index contributed by atoms with van der Waals surface area (Å²) in [5.74, 6) is 0.885. The zero-order valence-electron chi connectivity index (χ0n) is 15.2. The minimum absolute atomic E-state index is 0.130. The molecule has 0 unspecified atom stereocenters. The molecule has 2 heterocycles. The van der Waals surface area contributed by atoms with Gasteiger partial charge in [0, 0.05) is 17.9 Å². The molecule has 3 rings (SSSR count). The summed E-state index contributed by atoms with van der Waals surface area (Å²) in [5.41, 5.74) is 1.92. The van der Waals surface area contributed by atoms with Gasteiger partial charge in [0.25, 0.3) is 5.91 Å². The summed E-state index contributed by atoms with van der Waals surface area (Å²) in [6, 6.07) is 7.91. The summed E-state index contributed by atoms with van der Waals surface area (Å²) < 4.78 is 0.898. The van der Waals surface area contributed by atoms with Crippen LogP contribution in [0.25, 0.3) is 0 Å². The van der Waals surface area contributed by atoms with Crippen molar-refractivity contribution in [2.24, 2.45) is 0 Å². The fourth-order valence-corrected chi connectivity index (χ4v) is 4.66. The first-order valence-electron chi connectivity index (χ1n) is 9.33. The molecule has 26 heavy (non-hydrogen) atoms. The quantitative estimate of drug-likeness (QED) is 0.550. The van der Waals surface area contributed by atoms with Crippen molar-refractivity contribution in [3.05, 3.63) is 35.4 Å². The van der Waals surface area contributed by atoms with Crippen LogP contribution >= 0.6 is 23.1 Å². The lowest BCUT2D eigenvalue weighted by atomic mass is 10.1. The number of rotatable bonds is 7. The van der Waals surface area contributed by atoms with E-state index in [0.29, 0.717) is 10.7 Å². The Bertz CT molecular complexity index is 694. The molecule has 5 nitrogen and oxygen atoms in total. The number of hydrogen-bond acceptors (Lipinski definition) is 6. The minimum Gasteiger partial charge on any atom is -0.299 e. The van der Waals surface area contributed by atoms with Gasteiger partial charge in [0.15, 0.2) is 4.34 Å². The lowest BCUT2D eigenvalue weighted by Gasteiger charge is -2.19. The van der Waals surface area contributed by atoms with E-state index in [1.807, 2.05) is 12.1 Å². The van der Waals surface area contributed by atoms with Crippen molar-refractivity contribution in [3.63, 3.8) is 0 Å². The summed E-state index contributed by atoms with van der Waals surface area (Å²) in [7, 11) is 0. The zero-order chi connectivity index (χ0) is 18.2. The standard InChI is InChI=1S/C19H26N4OS2/c1-2-13-25-19-22-21-18(26-19)20-17(24)16-9-7-15(8-10-16)14-23-11-5-3-4-6-12-23/h7-10H,2-6,11-14H2,1H3,(H,20,21,24). The monoisotopic (exact) mass is 390 g/mol. The molecule has 0 spiro atoms. The van der Waals surface area contributed by atoms with E-state index in [1.165, 1.54) is 55.7 Å². The van der Waals surface area contributed by atoms with Gasteiger partial charge in [0.05, 0.1) is 0 Å². The number of nitrogens with one attached hydrogen (secondary N) is 1. The maximum Gasteiger partial charge on any atom is 0.257 e. The zero-order valence-corrected chi connectivity index (χ0v) is 16.9. The maximum absolute atomic E-state index is 12.4. The number of aromatic nitrogens is 2. The van der Waals surface area contributed by atoms with Crippen LogP contribution < -0.4 is 5.32 Å². The highest BCUT2D eigenvalue weighted by molar-refractivity contribution is 8.01. The van der Waals surface area contributed by atoms with E-state index in [2.05, 4.69) is 39.5 Å². The Morgan fingerprint density at radius 3 is 2.58 bits per heavy atom. The number of likely N-dealkylation sites (tertiary alicyclic amines) is 1. The molecule has 1 fully saturated rings. The Morgan fingerprint density at radius 2 is 1.88 bits per heavy atom. The fourth-order valence-electron chi connectivity index (χ4n) is 2.99. The van der Waals surface area contributed by atoms with Crippen molar-refractivity contribution in [1.82, 2.24) is 15.1 Å².